The summed E-state index contributed by atoms with van der Waals surface area (Å²) >= 11 is 0. The zero-order valence-corrected chi connectivity index (χ0v) is 12.0. The Morgan fingerprint density at radius 2 is 2.10 bits per heavy atom. The number of benzene rings is 1. The molecule has 1 aromatic rings. The van der Waals surface area contributed by atoms with Gasteiger partial charge >= 0.3 is 0 Å². The average Bonchev–Trinajstić information content (AvgIpc) is 3.07. The zero-order valence-electron chi connectivity index (χ0n) is 12.0. The molecule has 1 aliphatic heterocycles. The quantitative estimate of drug-likeness (QED) is 0.909. The first-order chi connectivity index (χ1) is 9.71. The maximum atomic E-state index is 13.3. The molecule has 2 N–H and O–H groups in total. The van der Waals surface area contributed by atoms with Gasteiger partial charge in [0.2, 0.25) is 0 Å². The third-order valence-corrected chi connectivity index (χ3v) is 5.01. The van der Waals surface area contributed by atoms with Crippen molar-refractivity contribution in [3.63, 3.8) is 0 Å². The molecule has 2 aliphatic rings. The van der Waals surface area contributed by atoms with E-state index in [1.165, 1.54) is 38.2 Å². The zero-order chi connectivity index (χ0) is 14.0. The van der Waals surface area contributed by atoms with Crippen molar-refractivity contribution in [2.75, 3.05) is 6.54 Å². The van der Waals surface area contributed by atoms with Crippen molar-refractivity contribution < 1.29 is 9.13 Å². The van der Waals surface area contributed by atoms with Crippen molar-refractivity contribution in [1.82, 2.24) is 0 Å². The molecule has 1 saturated carbocycles. The summed E-state index contributed by atoms with van der Waals surface area (Å²) < 4.78 is 19.7. The maximum absolute atomic E-state index is 13.3. The van der Waals surface area contributed by atoms with Crippen molar-refractivity contribution in [3.05, 3.63) is 35.6 Å². The standard InChI is InChI=1S/C17H24FNO/c18-15-5-3-4-13(10-15)14(12-19)11-16-6-9-17(20-16)7-1-2-8-17/h3-5,10,14,16H,1-2,6-9,11-12,19H2. The van der Waals surface area contributed by atoms with Crippen LogP contribution in [0.2, 0.25) is 0 Å². The van der Waals surface area contributed by atoms with Gasteiger partial charge in [-0.15, -0.1) is 0 Å². The van der Waals surface area contributed by atoms with Crippen LogP contribution in [0.1, 0.15) is 56.4 Å². The Bertz CT molecular complexity index is 456. The second-order valence-corrected chi connectivity index (χ2v) is 6.39. The Labute approximate surface area is 120 Å². The lowest BCUT2D eigenvalue weighted by molar-refractivity contribution is -0.0408. The van der Waals surface area contributed by atoms with Crippen LogP contribution in [0.3, 0.4) is 0 Å². The van der Waals surface area contributed by atoms with Gasteiger partial charge in [0.1, 0.15) is 5.82 Å². The van der Waals surface area contributed by atoms with E-state index in [-0.39, 0.29) is 17.3 Å². The molecule has 0 bridgehead atoms. The molecule has 1 aliphatic carbocycles. The Morgan fingerprint density at radius 3 is 2.80 bits per heavy atom. The predicted octanol–water partition coefficient (Wildman–Crippen LogP) is 3.75. The van der Waals surface area contributed by atoms with Gasteiger partial charge in [0.15, 0.2) is 0 Å². The highest BCUT2D eigenvalue weighted by molar-refractivity contribution is 5.21. The van der Waals surface area contributed by atoms with Gasteiger partial charge in [-0.2, -0.15) is 0 Å². The van der Waals surface area contributed by atoms with E-state index >= 15 is 0 Å². The van der Waals surface area contributed by atoms with Crippen LogP contribution in [0.5, 0.6) is 0 Å². The van der Waals surface area contributed by atoms with E-state index in [0.717, 1.165) is 18.4 Å². The number of ether oxygens (including phenoxy) is 1. The van der Waals surface area contributed by atoms with Crippen LogP contribution in [0.15, 0.2) is 24.3 Å². The van der Waals surface area contributed by atoms with Gasteiger partial charge in [0, 0.05) is 0 Å². The lowest BCUT2D eigenvalue weighted by Gasteiger charge is -2.25. The van der Waals surface area contributed by atoms with Gasteiger partial charge in [-0.05, 0) is 62.3 Å². The number of nitrogens with two attached hydrogens (primary N) is 1. The monoisotopic (exact) mass is 277 g/mol. The van der Waals surface area contributed by atoms with Gasteiger partial charge in [0.25, 0.3) is 0 Å². The van der Waals surface area contributed by atoms with Crippen molar-refractivity contribution in [2.45, 2.75) is 62.6 Å². The fourth-order valence-corrected chi connectivity index (χ4v) is 3.89. The Kier molecular flexibility index (Phi) is 4.08. The second-order valence-electron chi connectivity index (χ2n) is 6.39. The van der Waals surface area contributed by atoms with E-state index < -0.39 is 0 Å². The lowest BCUT2D eigenvalue weighted by atomic mass is 9.91. The molecule has 0 amide bonds. The molecular formula is C17H24FNO. The van der Waals surface area contributed by atoms with Gasteiger partial charge in [0.05, 0.1) is 11.7 Å². The van der Waals surface area contributed by atoms with Gasteiger partial charge in [-0.25, -0.2) is 4.39 Å². The van der Waals surface area contributed by atoms with E-state index in [4.69, 9.17) is 10.5 Å². The van der Waals surface area contributed by atoms with E-state index in [9.17, 15) is 4.39 Å². The van der Waals surface area contributed by atoms with Crippen LogP contribution in [0.25, 0.3) is 0 Å². The summed E-state index contributed by atoms with van der Waals surface area (Å²) in [5.74, 6) is 0.0211. The second kappa shape index (κ2) is 5.82. The summed E-state index contributed by atoms with van der Waals surface area (Å²) in [6.07, 6.45) is 8.58. The van der Waals surface area contributed by atoms with Crippen LogP contribution in [-0.4, -0.2) is 18.2 Å². The van der Waals surface area contributed by atoms with Crippen LogP contribution < -0.4 is 5.73 Å². The Balaban J connectivity index is 1.64. The van der Waals surface area contributed by atoms with Gasteiger partial charge < -0.3 is 10.5 Å². The van der Waals surface area contributed by atoms with Gasteiger partial charge in [-0.3, -0.25) is 0 Å². The highest BCUT2D eigenvalue weighted by Crippen LogP contribution is 2.45. The summed E-state index contributed by atoms with van der Waals surface area (Å²) in [6.45, 7) is 0.552. The molecule has 1 aromatic carbocycles. The minimum Gasteiger partial charge on any atom is -0.372 e. The van der Waals surface area contributed by atoms with Crippen LogP contribution in [-0.2, 0) is 4.74 Å². The highest BCUT2D eigenvalue weighted by atomic mass is 19.1. The summed E-state index contributed by atoms with van der Waals surface area (Å²) in [7, 11) is 0. The Hall–Kier alpha value is -0.930. The average molecular weight is 277 g/mol. The predicted molar refractivity (Wildman–Crippen MR) is 78.1 cm³/mol. The van der Waals surface area contributed by atoms with Crippen LogP contribution in [0, 0.1) is 5.82 Å². The molecule has 3 heteroatoms. The number of hydrogen-bond donors (Lipinski definition) is 1. The van der Waals surface area contributed by atoms with E-state index in [0.29, 0.717) is 12.6 Å². The van der Waals surface area contributed by atoms with E-state index in [1.54, 1.807) is 12.1 Å². The van der Waals surface area contributed by atoms with Gasteiger partial charge in [-0.1, -0.05) is 25.0 Å². The summed E-state index contributed by atoms with van der Waals surface area (Å²) in [5, 5.41) is 0. The van der Waals surface area contributed by atoms with Crippen LogP contribution >= 0.6 is 0 Å². The number of halogens is 1. The topological polar surface area (TPSA) is 35.2 Å². The summed E-state index contributed by atoms with van der Waals surface area (Å²) in [4.78, 5) is 0. The smallest absolute Gasteiger partial charge is 0.123 e. The fourth-order valence-electron chi connectivity index (χ4n) is 3.89. The van der Waals surface area contributed by atoms with Crippen molar-refractivity contribution in [1.29, 1.82) is 0 Å². The lowest BCUT2D eigenvalue weighted by Crippen LogP contribution is -2.26. The maximum Gasteiger partial charge on any atom is 0.123 e. The number of rotatable bonds is 4. The SMILES string of the molecule is NCC(CC1CCC2(CCCC2)O1)c1cccc(F)c1. The molecule has 2 atom stereocenters. The molecule has 0 radical (unpaired) electrons. The molecular weight excluding hydrogens is 253 g/mol. The largest absolute Gasteiger partial charge is 0.372 e. The minimum atomic E-state index is -0.180. The first-order valence-electron chi connectivity index (χ1n) is 7.84. The summed E-state index contributed by atoms with van der Waals surface area (Å²) in [6, 6.07) is 6.83. The van der Waals surface area contributed by atoms with E-state index in [1.807, 2.05) is 6.07 Å². The molecule has 20 heavy (non-hydrogen) atoms. The fraction of sp³-hybridized carbons (Fsp3) is 0.647. The number of hydrogen-bond acceptors (Lipinski definition) is 2. The highest BCUT2D eigenvalue weighted by Gasteiger charge is 2.42. The Morgan fingerprint density at radius 1 is 1.30 bits per heavy atom. The molecule has 2 nitrogen and oxygen atoms in total. The molecule has 0 aromatic heterocycles. The molecule has 1 saturated heterocycles. The van der Waals surface area contributed by atoms with Crippen molar-refractivity contribution >= 4 is 0 Å². The third kappa shape index (κ3) is 2.89. The molecule has 2 unspecified atom stereocenters. The van der Waals surface area contributed by atoms with Crippen LogP contribution in [0.4, 0.5) is 4.39 Å². The molecule has 1 spiro atoms. The van der Waals surface area contributed by atoms with Crippen molar-refractivity contribution in [2.24, 2.45) is 5.73 Å². The molecule has 1 heterocycles. The first kappa shape index (κ1) is 14.0. The third-order valence-electron chi connectivity index (χ3n) is 5.01. The minimum absolute atomic E-state index is 0.172. The normalized spacial score (nSPS) is 26.2. The molecule has 2 fully saturated rings. The molecule has 3 rings (SSSR count). The van der Waals surface area contributed by atoms with E-state index in [2.05, 4.69) is 0 Å². The first-order valence-corrected chi connectivity index (χ1v) is 7.84. The molecule has 110 valence electrons. The van der Waals surface area contributed by atoms with Crippen molar-refractivity contribution in [3.8, 4) is 0 Å². The summed E-state index contributed by atoms with van der Waals surface area (Å²) in [5.41, 5.74) is 7.08.